The lowest BCUT2D eigenvalue weighted by Crippen LogP contribution is -2.29. The number of halogens is 1. The molecule has 2 amide bonds. The van der Waals surface area contributed by atoms with Gasteiger partial charge in [-0.15, -0.1) is 0 Å². The van der Waals surface area contributed by atoms with Gasteiger partial charge in [0.25, 0.3) is 11.8 Å². The van der Waals surface area contributed by atoms with E-state index in [1.54, 1.807) is 25.2 Å². The molecule has 204 valence electrons. The largest absolute Gasteiger partial charge is 0.455 e. The number of benzene rings is 3. The molecule has 0 bridgehead atoms. The Balaban J connectivity index is 1.65. The van der Waals surface area contributed by atoms with Gasteiger partial charge in [0.15, 0.2) is 0 Å². The van der Waals surface area contributed by atoms with Gasteiger partial charge in [0.05, 0.1) is 17.0 Å². The summed E-state index contributed by atoms with van der Waals surface area (Å²) in [4.78, 5) is 28.3. The molecular weight excluding hydrogens is 507 g/mol. The Hall–Kier alpha value is -4.64. The highest BCUT2D eigenvalue weighted by molar-refractivity contribution is 6.13. The molecule has 1 fully saturated rings. The Morgan fingerprint density at radius 1 is 1.02 bits per heavy atom. The smallest absolute Gasteiger partial charge is 0.255 e. The second-order valence-electron chi connectivity index (χ2n) is 10.1. The predicted molar refractivity (Wildman–Crippen MR) is 154 cm³/mol. The van der Waals surface area contributed by atoms with Crippen LogP contribution in [0.4, 0.5) is 10.1 Å². The molecule has 0 unspecified atom stereocenters. The number of fused-ring (bicyclic) bond motifs is 1. The Morgan fingerprint density at radius 3 is 2.38 bits per heavy atom. The molecule has 4 aromatic rings. The van der Waals surface area contributed by atoms with E-state index in [-0.39, 0.29) is 17.6 Å². The minimum absolute atomic E-state index is 0.234. The number of nitrogens with zero attached hydrogens (tertiary/aromatic N) is 2. The maximum Gasteiger partial charge on any atom is 0.255 e. The second-order valence-corrected chi connectivity index (χ2v) is 10.1. The van der Waals surface area contributed by atoms with Gasteiger partial charge in [-0.05, 0) is 74.7 Å². The zero-order valence-corrected chi connectivity index (χ0v) is 22.8. The summed E-state index contributed by atoms with van der Waals surface area (Å²) in [7, 11) is 1.56. The van der Waals surface area contributed by atoms with E-state index >= 15 is 0 Å². The Labute approximate surface area is 232 Å². The van der Waals surface area contributed by atoms with Crippen molar-refractivity contribution in [2.45, 2.75) is 26.7 Å². The van der Waals surface area contributed by atoms with Crippen molar-refractivity contribution in [1.29, 1.82) is 5.26 Å². The van der Waals surface area contributed by atoms with Crippen molar-refractivity contribution in [3.63, 3.8) is 0 Å². The second kappa shape index (κ2) is 10.9. The fraction of sp³-hybridized carbons (Fsp3) is 0.281. The number of nitrogens with one attached hydrogen (secondary N) is 2. The van der Waals surface area contributed by atoms with Crippen LogP contribution in [0.2, 0.25) is 0 Å². The van der Waals surface area contributed by atoms with Gasteiger partial charge >= 0.3 is 0 Å². The number of rotatable bonds is 9. The average Bonchev–Trinajstić information content (AvgIpc) is 3.68. The van der Waals surface area contributed by atoms with Crippen molar-refractivity contribution in [2.24, 2.45) is 5.41 Å². The van der Waals surface area contributed by atoms with Crippen molar-refractivity contribution < 1.29 is 18.4 Å². The molecule has 3 aromatic carbocycles. The summed E-state index contributed by atoms with van der Waals surface area (Å²) in [6.45, 7) is 5.93. The van der Waals surface area contributed by atoms with Gasteiger partial charge in [-0.3, -0.25) is 9.59 Å². The molecule has 0 atom stereocenters. The average molecular weight is 539 g/mol. The fourth-order valence-corrected chi connectivity index (χ4v) is 5.00. The summed E-state index contributed by atoms with van der Waals surface area (Å²) in [5.41, 5.74) is 4.09. The van der Waals surface area contributed by atoms with Gasteiger partial charge in [0, 0.05) is 60.5 Å². The number of nitriles is 1. The zero-order chi connectivity index (χ0) is 28.4. The van der Waals surface area contributed by atoms with Crippen LogP contribution in [0.25, 0.3) is 33.4 Å². The van der Waals surface area contributed by atoms with Crippen LogP contribution < -0.4 is 15.5 Å². The minimum atomic E-state index is -0.437. The van der Waals surface area contributed by atoms with Gasteiger partial charge in [0.1, 0.15) is 17.2 Å². The van der Waals surface area contributed by atoms with Crippen molar-refractivity contribution in [3.8, 4) is 28.5 Å². The van der Waals surface area contributed by atoms with Gasteiger partial charge in [-0.2, -0.15) is 5.26 Å². The van der Waals surface area contributed by atoms with Crippen LogP contribution in [0.5, 0.6) is 0 Å². The molecule has 7 nitrogen and oxygen atoms in total. The van der Waals surface area contributed by atoms with Crippen molar-refractivity contribution >= 4 is 28.5 Å². The third-order valence-electron chi connectivity index (χ3n) is 7.58. The number of hydrogen-bond donors (Lipinski definition) is 2. The highest BCUT2D eigenvalue weighted by Crippen LogP contribution is 2.44. The van der Waals surface area contributed by atoms with Crippen LogP contribution in [0.15, 0.2) is 65.1 Å². The third-order valence-corrected chi connectivity index (χ3v) is 7.58. The van der Waals surface area contributed by atoms with Crippen molar-refractivity contribution in [2.75, 3.05) is 31.6 Å². The molecule has 2 N–H and O–H groups in total. The third kappa shape index (κ3) is 5.03. The Kier molecular flexibility index (Phi) is 7.31. The number of amides is 2. The molecule has 0 spiro atoms. The quantitative estimate of drug-likeness (QED) is 0.267. The van der Waals surface area contributed by atoms with E-state index in [4.69, 9.17) is 4.42 Å². The number of anilines is 1. The molecule has 1 heterocycles. The number of carbonyl (C=O) groups excluding carboxylic acids is 2. The molecule has 0 aliphatic heterocycles. The summed E-state index contributed by atoms with van der Waals surface area (Å²) < 4.78 is 19.9. The maximum absolute atomic E-state index is 13.7. The molecule has 5 rings (SSSR count). The zero-order valence-electron chi connectivity index (χ0n) is 22.8. The highest BCUT2D eigenvalue weighted by Gasteiger charge is 2.43. The number of carbonyl (C=O) groups is 2. The predicted octanol–water partition coefficient (Wildman–Crippen LogP) is 6.15. The molecule has 1 aliphatic rings. The topological polar surface area (TPSA) is 98.4 Å². The first-order valence-electron chi connectivity index (χ1n) is 13.5. The standard InChI is InChI=1S/C32H31FN4O3/c1-4-37(5-2)26-17-27-25(28(31(39)35-3)29(40-27)20-9-11-23(33)12-10-20)16-24(26)21-7-6-8-22(15-21)30(38)36-19-32(18-34)13-14-32/h6-12,15-17H,4-5,13-14,19H2,1-3H3,(H,35,39)(H,36,38). The van der Waals surface area contributed by atoms with E-state index < -0.39 is 5.41 Å². The van der Waals surface area contributed by atoms with E-state index in [2.05, 4.69) is 35.5 Å². The van der Waals surface area contributed by atoms with E-state index in [1.165, 1.54) is 12.1 Å². The van der Waals surface area contributed by atoms with E-state index in [9.17, 15) is 19.2 Å². The highest BCUT2D eigenvalue weighted by atomic mass is 19.1. The summed E-state index contributed by atoms with van der Waals surface area (Å²) in [6.07, 6.45) is 1.60. The van der Waals surface area contributed by atoms with Crippen LogP contribution in [-0.2, 0) is 0 Å². The lowest BCUT2D eigenvalue weighted by molar-refractivity contribution is 0.0945. The van der Waals surface area contributed by atoms with Gasteiger partial charge in [0.2, 0.25) is 0 Å². The number of hydrogen-bond acceptors (Lipinski definition) is 5. The lowest BCUT2D eigenvalue weighted by Gasteiger charge is -2.24. The summed E-state index contributed by atoms with van der Waals surface area (Å²) in [5, 5.41) is 15.6. The van der Waals surface area contributed by atoms with E-state index in [0.717, 1.165) is 42.7 Å². The minimum Gasteiger partial charge on any atom is -0.455 e. The van der Waals surface area contributed by atoms with Gasteiger partial charge in [-0.25, -0.2) is 4.39 Å². The molecule has 0 saturated heterocycles. The first-order valence-corrected chi connectivity index (χ1v) is 13.5. The van der Waals surface area contributed by atoms with Crippen molar-refractivity contribution in [1.82, 2.24) is 10.6 Å². The Bertz CT molecular complexity index is 1630. The SMILES string of the molecule is CCN(CC)c1cc2oc(-c3ccc(F)cc3)c(C(=O)NC)c2cc1-c1cccc(C(=O)NCC2(C#N)CC2)c1. The molecule has 40 heavy (non-hydrogen) atoms. The first-order chi connectivity index (χ1) is 19.3. The first kappa shape index (κ1) is 26.9. The Morgan fingerprint density at radius 2 is 1.75 bits per heavy atom. The van der Waals surface area contributed by atoms with E-state index in [0.29, 0.717) is 40.0 Å². The molecule has 0 radical (unpaired) electrons. The maximum atomic E-state index is 13.7. The number of furan rings is 1. The molecule has 8 heteroatoms. The van der Waals surface area contributed by atoms with Crippen LogP contribution in [0.3, 0.4) is 0 Å². The fourth-order valence-electron chi connectivity index (χ4n) is 5.00. The normalized spacial score (nSPS) is 13.5. The molecule has 1 saturated carbocycles. The molecule has 1 aliphatic carbocycles. The lowest BCUT2D eigenvalue weighted by atomic mass is 9.96. The summed E-state index contributed by atoms with van der Waals surface area (Å²) in [5.74, 6) is -0.575. The van der Waals surface area contributed by atoms with Crippen LogP contribution in [0.1, 0.15) is 47.4 Å². The molecule has 1 aromatic heterocycles. The van der Waals surface area contributed by atoms with Gasteiger partial charge < -0.3 is 20.0 Å². The van der Waals surface area contributed by atoms with Crippen LogP contribution >= 0.6 is 0 Å². The van der Waals surface area contributed by atoms with Gasteiger partial charge in [-0.1, -0.05) is 12.1 Å². The monoisotopic (exact) mass is 538 g/mol. The van der Waals surface area contributed by atoms with Crippen molar-refractivity contribution in [3.05, 3.63) is 77.6 Å². The summed E-state index contributed by atoms with van der Waals surface area (Å²) in [6, 6.07) is 19.3. The van der Waals surface area contributed by atoms with Crippen LogP contribution in [-0.4, -0.2) is 38.5 Å². The van der Waals surface area contributed by atoms with E-state index in [1.807, 2.05) is 30.3 Å². The molecular formula is C32H31FN4O3. The summed E-state index contributed by atoms with van der Waals surface area (Å²) >= 11 is 0. The van der Waals surface area contributed by atoms with Crippen LogP contribution in [0, 0.1) is 22.6 Å².